The van der Waals surface area contributed by atoms with Gasteiger partial charge in [0.1, 0.15) is 6.61 Å². The SMILES string of the molecule is CC1CC(C)CC(C(COCC(F)(F)F)NN)C1. The Morgan fingerprint density at radius 3 is 2.22 bits per heavy atom. The number of nitrogens with one attached hydrogen (secondary N) is 1. The number of ether oxygens (including phenoxy) is 1. The van der Waals surface area contributed by atoms with Crippen LogP contribution in [0.1, 0.15) is 33.1 Å². The van der Waals surface area contributed by atoms with Gasteiger partial charge in [0.05, 0.1) is 6.61 Å². The average molecular weight is 268 g/mol. The highest BCUT2D eigenvalue weighted by Gasteiger charge is 2.32. The van der Waals surface area contributed by atoms with Crippen LogP contribution >= 0.6 is 0 Å². The van der Waals surface area contributed by atoms with E-state index in [0.29, 0.717) is 17.8 Å². The molecule has 1 rings (SSSR count). The minimum absolute atomic E-state index is 0.0140. The highest BCUT2D eigenvalue weighted by atomic mass is 19.4. The fourth-order valence-electron chi connectivity index (χ4n) is 2.96. The highest BCUT2D eigenvalue weighted by molar-refractivity contribution is 4.82. The van der Waals surface area contributed by atoms with Gasteiger partial charge in [-0.3, -0.25) is 11.3 Å². The molecule has 108 valence electrons. The van der Waals surface area contributed by atoms with Crippen LogP contribution < -0.4 is 11.3 Å². The summed E-state index contributed by atoms with van der Waals surface area (Å²) in [5, 5.41) is 0. The molecular weight excluding hydrogens is 245 g/mol. The largest absolute Gasteiger partial charge is 0.411 e. The van der Waals surface area contributed by atoms with Crippen LogP contribution in [-0.2, 0) is 4.74 Å². The molecule has 0 bridgehead atoms. The molecule has 6 heteroatoms. The molecular formula is C12H23F3N2O. The van der Waals surface area contributed by atoms with Crippen molar-refractivity contribution in [3.05, 3.63) is 0 Å². The number of alkyl halides is 3. The van der Waals surface area contributed by atoms with Crippen molar-refractivity contribution in [2.45, 2.75) is 45.3 Å². The molecule has 0 heterocycles. The van der Waals surface area contributed by atoms with Gasteiger partial charge in [0.25, 0.3) is 0 Å². The molecule has 1 fully saturated rings. The second kappa shape index (κ2) is 6.73. The van der Waals surface area contributed by atoms with Crippen molar-refractivity contribution in [1.29, 1.82) is 0 Å². The fourth-order valence-corrected chi connectivity index (χ4v) is 2.96. The third-order valence-corrected chi connectivity index (χ3v) is 3.56. The fraction of sp³-hybridized carbons (Fsp3) is 1.00. The maximum absolute atomic E-state index is 12.0. The molecule has 1 aliphatic carbocycles. The van der Waals surface area contributed by atoms with E-state index in [1.807, 2.05) is 0 Å². The summed E-state index contributed by atoms with van der Waals surface area (Å²) in [4.78, 5) is 0. The molecule has 0 radical (unpaired) electrons. The zero-order valence-electron chi connectivity index (χ0n) is 11.0. The van der Waals surface area contributed by atoms with Crippen molar-refractivity contribution in [3.63, 3.8) is 0 Å². The number of hydrazine groups is 1. The van der Waals surface area contributed by atoms with Crippen LogP contribution in [0.15, 0.2) is 0 Å². The highest BCUT2D eigenvalue weighted by Crippen LogP contribution is 2.34. The molecule has 3 atom stereocenters. The molecule has 0 aromatic carbocycles. The third kappa shape index (κ3) is 5.54. The van der Waals surface area contributed by atoms with Crippen LogP contribution in [0.3, 0.4) is 0 Å². The molecule has 18 heavy (non-hydrogen) atoms. The van der Waals surface area contributed by atoms with Crippen molar-refractivity contribution in [3.8, 4) is 0 Å². The maximum atomic E-state index is 12.0. The van der Waals surface area contributed by atoms with Crippen molar-refractivity contribution in [2.24, 2.45) is 23.6 Å². The minimum Gasteiger partial charge on any atom is -0.370 e. The molecule has 1 aliphatic rings. The molecule has 0 spiro atoms. The first-order valence-corrected chi connectivity index (χ1v) is 6.42. The van der Waals surface area contributed by atoms with Gasteiger partial charge in [-0.15, -0.1) is 0 Å². The van der Waals surface area contributed by atoms with Crippen LogP contribution in [-0.4, -0.2) is 25.4 Å². The van der Waals surface area contributed by atoms with Gasteiger partial charge < -0.3 is 4.74 Å². The third-order valence-electron chi connectivity index (χ3n) is 3.56. The second-order valence-corrected chi connectivity index (χ2v) is 5.58. The van der Waals surface area contributed by atoms with E-state index in [1.54, 1.807) is 0 Å². The second-order valence-electron chi connectivity index (χ2n) is 5.58. The van der Waals surface area contributed by atoms with Gasteiger partial charge in [0, 0.05) is 6.04 Å². The van der Waals surface area contributed by atoms with Crippen LogP contribution in [0.2, 0.25) is 0 Å². The Balaban J connectivity index is 2.40. The van der Waals surface area contributed by atoms with Gasteiger partial charge in [-0.05, 0) is 37.0 Å². The summed E-state index contributed by atoms with van der Waals surface area (Å²) in [6.45, 7) is 3.16. The number of rotatable bonds is 5. The molecule has 3 unspecified atom stereocenters. The lowest BCUT2D eigenvalue weighted by molar-refractivity contribution is -0.176. The number of hydrogen-bond donors (Lipinski definition) is 2. The van der Waals surface area contributed by atoms with Crippen molar-refractivity contribution < 1.29 is 17.9 Å². The Morgan fingerprint density at radius 2 is 1.78 bits per heavy atom. The normalized spacial score (nSPS) is 31.3. The first kappa shape index (κ1) is 15.7. The van der Waals surface area contributed by atoms with Crippen LogP contribution in [0, 0.1) is 17.8 Å². The summed E-state index contributed by atoms with van der Waals surface area (Å²) >= 11 is 0. The van der Waals surface area contributed by atoms with Gasteiger partial charge in [0.15, 0.2) is 0 Å². The summed E-state index contributed by atoms with van der Waals surface area (Å²) in [5.41, 5.74) is 2.61. The lowest BCUT2D eigenvalue weighted by Gasteiger charge is -2.36. The topological polar surface area (TPSA) is 47.3 Å². The first-order valence-electron chi connectivity index (χ1n) is 6.42. The zero-order valence-corrected chi connectivity index (χ0v) is 11.0. The Bertz CT molecular complexity index is 238. The standard InChI is InChI=1S/C12H23F3N2O/c1-8-3-9(2)5-10(4-8)11(17-16)6-18-7-12(13,14)15/h8-11,17H,3-7,16H2,1-2H3. The number of hydrogen-bond acceptors (Lipinski definition) is 3. The Kier molecular flexibility index (Phi) is 5.88. The smallest absolute Gasteiger partial charge is 0.370 e. The van der Waals surface area contributed by atoms with E-state index in [1.165, 1.54) is 6.42 Å². The van der Waals surface area contributed by atoms with Crippen molar-refractivity contribution in [1.82, 2.24) is 5.43 Å². The Hall–Kier alpha value is -0.330. The van der Waals surface area contributed by atoms with Crippen molar-refractivity contribution in [2.75, 3.05) is 13.2 Å². The minimum atomic E-state index is -4.27. The summed E-state index contributed by atoms with van der Waals surface area (Å²) in [6.07, 6.45) is -1.10. The van der Waals surface area contributed by atoms with Gasteiger partial charge in [-0.25, -0.2) is 0 Å². The lowest BCUT2D eigenvalue weighted by Crippen LogP contribution is -2.46. The quantitative estimate of drug-likeness (QED) is 0.595. The lowest BCUT2D eigenvalue weighted by atomic mass is 9.74. The zero-order chi connectivity index (χ0) is 13.8. The molecule has 3 nitrogen and oxygen atoms in total. The number of nitrogens with two attached hydrogens (primary N) is 1. The number of halogens is 3. The summed E-state index contributed by atoms with van der Waals surface area (Å²) < 4.78 is 40.7. The van der Waals surface area contributed by atoms with E-state index in [-0.39, 0.29) is 12.6 Å². The van der Waals surface area contributed by atoms with E-state index in [4.69, 9.17) is 10.6 Å². The van der Waals surface area contributed by atoms with E-state index < -0.39 is 12.8 Å². The monoisotopic (exact) mass is 268 g/mol. The molecule has 3 N–H and O–H groups in total. The van der Waals surface area contributed by atoms with Gasteiger partial charge >= 0.3 is 6.18 Å². The predicted octanol–water partition coefficient (Wildman–Crippen LogP) is 2.47. The molecule has 0 aromatic heterocycles. The maximum Gasteiger partial charge on any atom is 0.411 e. The van der Waals surface area contributed by atoms with Gasteiger partial charge in [-0.2, -0.15) is 13.2 Å². The van der Waals surface area contributed by atoms with Crippen molar-refractivity contribution >= 4 is 0 Å². The Labute approximate surface area is 106 Å². The predicted molar refractivity (Wildman–Crippen MR) is 63.7 cm³/mol. The summed E-state index contributed by atoms with van der Waals surface area (Å²) in [7, 11) is 0. The van der Waals surface area contributed by atoms with Crippen LogP contribution in [0.25, 0.3) is 0 Å². The van der Waals surface area contributed by atoms with E-state index in [9.17, 15) is 13.2 Å². The van der Waals surface area contributed by atoms with Gasteiger partial charge in [-0.1, -0.05) is 13.8 Å². The van der Waals surface area contributed by atoms with Crippen LogP contribution in [0.4, 0.5) is 13.2 Å². The van der Waals surface area contributed by atoms with Crippen LogP contribution in [0.5, 0.6) is 0 Å². The summed E-state index contributed by atoms with van der Waals surface area (Å²) in [6, 6.07) is -0.197. The summed E-state index contributed by atoms with van der Waals surface area (Å²) in [5.74, 6) is 6.92. The molecule has 1 saturated carbocycles. The van der Waals surface area contributed by atoms with E-state index in [0.717, 1.165) is 12.8 Å². The van der Waals surface area contributed by atoms with Gasteiger partial charge in [0.2, 0.25) is 0 Å². The molecule has 0 amide bonds. The molecule has 0 aromatic rings. The molecule has 0 aliphatic heterocycles. The first-order chi connectivity index (χ1) is 8.31. The van der Waals surface area contributed by atoms with E-state index >= 15 is 0 Å². The van der Waals surface area contributed by atoms with E-state index in [2.05, 4.69) is 19.3 Å². The molecule has 0 saturated heterocycles. The Morgan fingerprint density at radius 1 is 1.22 bits per heavy atom. The average Bonchev–Trinajstić information content (AvgIpc) is 2.21.